The molecule has 0 aliphatic carbocycles. The molecule has 0 saturated carbocycles. The molecule has 0 amide bonds. The molecular weight excluding hydrogens is 354 g/mol. The van der Waals surface area contributed by atoms with E-state index in [1.54, 1.807) is 24.3 Å². The van der Waals surface area contributed by atoms with Crippen LogP contribution in [0.2, 0.25) is 5.02 Å². The molecule has 3 rings (SSSR count). The molecule has 3 aromatic rings. The number of halogens is 2. The number of nitrogens with zero attached hydrogens (tertiary/aromatic N) is 3. The van der Waals surface area contributed by atoms with Gasteiger partial charge in [0, 0.05) is 15.6 Å². The topological polar surface area (TPSA) is 62.7 Å². The summed E-state index contributed by atoms with van der Waals surface area (Å²) in [6.07, 6.45) is 0. The van der Waals surface area contributed by atoms with E-state index in [2.05, 4.69) is 32.1 Å². The first-order valence-electron chi connectivity index (χ1n) is 5.97. The number of nitriles is 1. The molecule has 0 aliphatic rings. The summed E-state index contributed by atoms with van der Waals surface area (Å²) in [5.74, 6) is 0.831. The summed E-state index contributed by atoms with van der Waals surface area (Å²) in [5.41, 5.74) is 2.04. The Kier molecular flexibility index (Phi) is 3.74. The second-order valence-electron chi connectivity index (χ2n) is 4.24. The van der Waals surface area contributed by atoms with E-state index in [-0.39, 0.29) is 0 Å². The summed E-state index contributed by atoms with van der Waals surface area (Å²) >= 11 is 9.32. The third-order valence-corrected chi connectivity index (χ3v) is 4.06. The molecule has 0 atom stereocenters. The van der Waals surface area contributed by atoms with E-state index in [0.717, 1.165) is 10.0 Å². The van der Waals surface area contributed by atoms with Gasteiger partial charge in [-0.1, -0.05) is 22.8 Å². The lowest BCUT2D eigenvalue weighted by Gasteiger charge is -1.97. The molecule has 2 aromatic carbocycles. The highest BCUT2D eigenvalue weighted by Crippen LogP contribution is 2.28. The zero-order valence-corrected chi connectivity index (χ0v) is 12.9. The van der Waals surface area contributed by atoms with E-state index in [1.807, 2.05) is 18.2 Å². The lowest BCUT2D eigenvalue weighted by molar-refractivity contribution is 0.432. The minimum absolute atomic E-state index is 0.369. The third kappa shape index (κ3) is 2.82. The zero-order valence-electron chi connectivity index (χ0n) is 10.5. The summed E-state index contributed by atoms with van der Waals surface area (Å²) in [5, 5.41) is 13.5. The van der Waals surface area contributed by atoms with Gasteiger partial charge in [-0.2, -0.15) is 10.2 Å². The largest absolute Gasteiger partial charge is 0.334 e. The minimum Gasteiger partial charge on any atom is -0.334 e. The quantitative estimate of drug-likeness (QED) is 0.665. The summed E-state index contributed by atoms with van der Waals surface area (Å²) in [7, 11) is 0. The molecule has 0 saturated heterocycles. The van der Waals surface area contributed by atoms with Crippen molar-refractivity contribution in [3.05, 3.63) is 57.5 Å². The molecule has 0 fully saturated rings. The van der Waals surface area contributed by atoms with Gasteiger partial charge in [-0.25, -0.2) is 0 Å². The van der Waals surface area contributed by atoms with Crippen molar-refractivity contribution < 1.29 is 4.52 Å². The van der Waals surface area contributed by atoms with Crippen LogP contribution in [0.5, 0.6) is 0 Å². The van der Waals surface area contributed by atoms with Crippen molar-refractivity contribution in [1.29, 1.82) is 5.26 Å². The molecular formula is C15H7BrClN3O. The molecule has 0 spiro atoms. The lowest BCUT2D eigenvalue weighted by atomic mass is 10.1. The second-order valence-corrected chi connectivity index (χ2v) is 5.51. The maximum atomic E-state index is 8.91. The van der Waals surface area contributed by atoms with Crippen molar-refractivity contribution in [3.8, 4) is 28.9 Å². The van der Waals surface area contributed by atoms with Crippen LogP contribution in [0.15, 0.2) is 51.5 Å². The van der Waals surface area contributed by atoms with E-state index in [4.69, 9.17) is 21.4 Å². The van der Waals surface area contributed by atoms with Crippen LogP contribution in [0.3, 0.4) is 0 Å². The highest BCUT2D eigenvalue weighted by atomic mass is 79.9. The van der Waals surface area contributed by atoms with Crippen LogP contribution in [0.1, 0.15) is 5.56 Å². The Balaban J connectivity index is 1.99. The van der Waals surface area contributed by atoms with Crippen molar-refractivity contribution in [1.82, 2.24) is 10.1 Å². The van der Waals surface area contributed by atoms with Crippen LogP contribution in [-0.2, 0) is 0 Å². The van der Waals surface area contributed by atoms with Crippen molar-refractivity contribution in [3.63, 3.8) is 0 Å². The first kappa shape index (κ1) is 13.8. The summed E-state index contributed by atoms with van der Waals surface area (Å²) < 4.78 is 6.02. The van der Waals surface area contributed by atoms with Crippen LogP contribution in [0, 0.1) is 11.3 Å². The zero-order chi connectivity index (χ0) is 14.8. The maximum absolute atomic E-state index is 8.91. The van der Waals surface area contributed by atoms with Gasteiger partial charge in [0.15, 0.2) is 0 Å². The van der Waals surface area contributed by atoms with Gasteiger partial charge in [-0.05, 0) is 52.3 Å². The van der Waals surface area contributed by atoms with Gasteiger partial charge in [0.1, 0.15) is 0 Å². The van der Waals surface area contributed by atoms with E-state index in [0.29, 0.717) is 27.9 Å². The molecule has 0 unspecified atom stereocenters. The summed E-state index contributed by atoms with van der Waals surface area (Å²) in [6.45, 7) is 0. The van der Waals surface area contributed by atoms with Gasteiger partial charge in [0.2, 0.25) is 5.82 Å². The predicted molar refractivity (Wildman–Crippen MR) is 82.6 cm³/mol. The van der Waals surface area contributed by atoms with E-state index < -0.39 is 0 Å². The highest BCUT2D eigenvalue weighted by Gasteiger charge is 2.12. The lowest BCUT2D eigenvalue weighted by Crippen LogP contribution is -1.83. The van der Waals surface area contributed by atoms with Crippen molar-refractivity contribution in [2.24, 2.45) is 0 Å². The average molecular weight is 361 g/mol. The smallest absolute Gasteiger partial charge is 0.258 e. The average Bonchev–Trinajstić information content (AvgIpc) is 3.00. The van der Waals surface area contributed by atoms with Gasteiger partial charge in [-0.3, -0.25) is 0 Å². The Morgan fingerprint density at radius 1 is 1.14 bits per heavy atom. The van der Waals surface area contributed by atoms with Crippen LogP contribution in [0.25, 0.3) is 22.8 Å². The molecule has 0 radical (unpaired) electrons. The molecule has 21 heavy (non-hydrogen) atoms. The molecule has 6 heteroatoms. The minimum atomic E-state index is 0.369. The van der Waals surface area contributed by atoms with Crippen LogP contribution in [0.4, 0.5) is 0 Å². The third-order valence-electron chi connectivity index (χ3n) is 2.84. The fourth-order valence-electron chi connectivity index (χ4n) is 1.81. The van der Waals surface area contributed by atoms with Gasteiger partial charge < -0.3 is 4.52 Å². The van der Waals surface area contributed by atoms with Gasteiger partial charge >= 0.3 is 0 Å². The second kappa shape index (κ2) is 5.68. The Bertz CT molecular complexity index is 854. The molecule has 0 bridgehead atoms. The predicted octanol–water partition coefficient (Wildman–Crippen LogP) is 4.69. The number of hydrogen-bond donors (Lipinski definition) is 0. The molecule has 0 N–H and O–H groups in total. The van der Waals surface area contributed by atoms with Crippen LogP contribution < -0.4 is 0 Å². The van der Waals surface area contributed by atoms with Crippen molar-refractivity contribution in [2.75, 3.05) is 0 Å². The SMILES string of the molecule is N#Cc1cccc(-c2nc(-c3ccc(Cl)c(Br)c3)no2)c1. The van der Waals surface area contributed by atoms with Crippen molar-refractivity contribution in [2.45, 2.75) is 0 Å². The van der Waals surface area contributed by atoms with Gasteiger partial charge in [-0.15, -0.1) is 0 Å². The van der Waals surface area contributed by atoms with Crippen LogP contribution in [-0.4, -0.2) is 10.1 Å². The standard InChI is InChI=1S/C15H7BrClN3O/c16-12-7-10(4-5-13(12)17)14-19-15(21-20-14)11-3-1-2-9(6-11)8-18/h1-7H. The molecule has 4 nitrogen and oxygen atoms in total. The van der Waals surface area contributed by atoms with Gasteiger partial charge in [0.05, 0.1) is 16.7 Å². The Labute approximate surface area is 134 Å². The number of rotatable bonds is 2. The van der Waals surface area contributed by atoms with Gasteiger partial charge in [0.25, 0.3) is 5.89 Å². The maximum Gasteiger partial charge on any atom is 0.258 e. The Morgan fingerprint density at radius 3 is 2.76 bits per heavy atom. The highest BCUT2D eigenvalue weighted by molar-refractivity contribution is 9.10. The van der Waals surface area contributed by atoms with E-state index >= 15 is 0 Å². The normalized spacial score (nSPS) is 10.3. The Hall–Kier alpha value is -2.16. The van der Waals surface area contributed by atoms with E-state index in [9.17, 15) is 0 Å². The molecule has 1 aromatic heterocycles. The van der Waals surface area contributed by atoms with Crippen molar-refractivity contribution >= 4 is 27.5 Å². The first-order chi connectivity index (χ1) is 10.2. The molecule has 102 valence electrons. The monoisotopic (exact) mass is 359 g/mol. The molecule has 1 heterocycles. The summed E-state index contributed by atoms with van der Waals surface area (Å²) in [6, 6.07) is 14.5. The number of hydrogen-bond acceptors (Lipinski definition) is 4. The Morgan fingerprint density at radius 2 is 2.00 bits per heavy atom. The fraction of sp³-hybridized carbons (Fsp3) is 0. The first-order valence-corrected chi connectivity index (χ1v) is 7.14. The van der Waals surface area contributed by atoms with Crippen LogP contribution >= 0.6 is 27.5 Å². The number of aromatic nitrogens is 2. The molecule has 0 aliphatic heterocycles. The fourth-order valence-corrected chi connectivity index (χ4v) is 2.31. The summed E-state index contributed by atoms with van der Waals surface area (Å²) in [4.78, 5) is 4.35. The van der Waals surface area contributed by atoms with E-state index in [1.165, 1.54) is 0 Å². The number of benzene rings is 2.